The van der Waals surface area contributed by atoms with E-state index in [-0.39, 0.29) is 12.0 Å². The molecule has 22 heavy (non-hydrogen) atoms. The van der Waals surface area contributed by atoms with Crippen LogP contribution in [0.15, 0.2) is 24.3 Å². The van der Waals surface area contributed by atoms with Gasteiger partial charge in [0.05, 0.1) is 24.3 Å². The van der Waals surface area contributed by atoms with Crippen molar-refractivity contribution in [1.29, 1.82) is 0 Å². The van der Waals surface area contributed by atoms with Crippen LogP contribution in [0, 0.1) is 6.92 Å². The lowest BCUT2D eigenvalue weighted by Crippen LogP contribution is -2.40. The van der Waals surface area contributed by atoms with Crippen LogP contribution in [0.2, 0.25) is 0 Å². The molecule has 0 atom stereocenters. The van der Waals surface area contributed by atoms with E-state index in [0.717, 1.165) is 16.6 Å². The Morgan fingerprint density at radius 3 is 2.73 bits per heavy atom. The van der Waals surface area contributed by atoms with E-state index in [1.54, 1.807) is 12.0 Å². The third-order valence-electron chi connectivity index (χ3n) is 4.13. The Labute approximate surface area is 129 Å². The number of fused-ring (bicyclic) bond motifs is 1. The number of aliphatic hydroxyl groups is 1. The highest BCUT2D eigenvalue weighted by Crippen LogP contribution is 2.25. The van der Waals surface area contributed by atoms with Crippen LogP contribution in [0.25, 0.3) is 10.9 Å². The first-order chi connectivity index (χ1) is 10.6. The van der Waals surface area contributed by atoms with Gasteiger partial charge in [-0.05, 0) is 44.0 Å². The number of carbonyl (C=O) groups is 1. The first-order valence-electron chi connectivity index (χ1n) is 7.51. The minimum atomic E-state index is -0.292. The molecule has 0 aliphatic carbocycles. The van der Waals surface area contributed by atoms with Gasteiger partial charge in [-0.3, -0.25) is 9.78 Å². The van der Waals surface area contributed by atoms with Gasteiger partial charge >= 0.3 is 0 Å². The number of hydrogen-bond acceptors (Lipinski definition) is 4. The molecule has 0 bridgehead atoms. The summed E-state index contributed by atoms with van der Waals surface area (Å²) in [4.78, 5) is 19.1. The van der Waals surface area contributed by atoms with Crippen molar-refractivity contribution in [2.45, 2.75) is 25.9 Å². The second kappa shape index (κ2) is 5.93. The van der Waals surface area contributed by atoms with E-state index in [0.29, 0.717) is 37.2 Å². The number of aromatic nitrogens is 1. The third kappa shape index (κ3) is 2.76. The maximum atomic E-state index is 12.8. The SMILES string of the molecule is COc1ccc2nc(C)cc(C(=O)N3CCC(O)CC3)c2c1. The predicted molar refractivity (Wildman–Crippen MR) is 84.2 cm³/mol. The molecule has 2 heterocycles. The highest BCUT2D eigenvalue weighted by Gasteiger charge is 2.24. The van der Waals surface area contributed by atoms with Crippen molar-refractivity contribution in [1.82, 2.24) is 9.88 Å². The molecule has 2 aromatic rings. The maximum Gasteiger partial charge on any atom is 0.254 e. The molecule has 1 amide bonds. The fraction of sp³-hybridized carbons (Fsp3) is 0.412. The molecule has 0 radical (unpaired) electrons. The first-order valence-corrected chi connectivity index (χ1v) is 7.51. The summed E-state index contributed by atoms with van der Waals surface area (Å²) >= 11 is 0. The summed E-state index contributed by atoms with van der Waals surface area (Å²) < 4.78 is 5.26. The molecule has 1 saturated heterocycles. The van der Waals surface area contributed by atoms with Gasteiger partial charge in [-0.2, -0.15) is 0 Å². The third-order valence-corrected chi connectivity index (χ3v) is 4.13. The molecular weight excluding hydrogens is 280 g/mol. The number of benzene rings is 1. The van der Waals surface area contributed by atoms with Crippen LogP contribution in [0.3, 0.4) is 0 Å². The Morgan fingerprint density at radius 1 is 1.32 bits per heavy atom. The van der Waals surface area contributed by atoms with Gasteiger partial charge in [0.2, 0.25) is 0 Å². The average molecular weight is 300 g/mol. The van der Waals surface area contributed by atoms with Gasteiger partial charge in [0.15, 0.2) is 0 Å². The van der Waals surface area contributed by atoms with E-state index in [1.807, 2.05) is 31.2 Å². The monoisotopic (exact) mass is 300 g/mol. The molecule has 5 heteroatoms. The fourth-order valence-corrected chi connectivity index (χ4v) is 2.88. The molecule has 0 saturated carbocycles. The molecule has 3 rings (SSSR count). The smallest absolute Gasteiger partial charge is 0.254 e. The largest absolute Gasteiger partial charge is 0.497 e. The second-order valence-corrected chi connectivity index (χ2v) is 5.72. The minimum Gasteiger partial charge on any atom is -0.497 e. The maximum absolute atomic E-state index is 12.8. The summed E-state index contributed by atoms with van der Waals surface area (Å²) in [5, 5.41) is 10.4. The van der Waals surface area contributed by atoms with Gasteiger partial charge in [-0.15, -0.1) is 0 Å². The average Bonchev–Trinajstić information content (AvgIpc) is 2.53. The number of pyridine rings is 1. The second-order valence-electron chi connectivity index (χ2n) is 5.72. The standard InChI is InChI=1S/C17H20N2O3/c1-11-9-15(17(21)19-7-5-12(20)6-8-19)14-10-13(22-2)3-4-16(14)18-11/h3-4,9-10,12,20H,5-8H2,1-2H3. The quantitative estimate of drug-likeness (QED) is 0.923. The van der Waals surface area contributed by atoms with E-state index in [1.165, 1.54) is 0 Å². The molecule has 1 aromatic heterocycles. The van der Waals surface area contributed by atoms with Gasteiger partial charge in [-0.25, -0.2) is 0 Å². The highest BCUT2D eigenvalue weighted by atomic mass is 16.5. The van der Waals surface area contributed by atoms with Crippen LogP contribution in [-0.2, 0) is 0 Å². The van der Waals surface area contributed by atoms with Crippen LogP contribution >= 0.6 is 0 Å². The van der Waals surface area contributed by atoms with Crippen molar-refractivity contribution >= 4 is 16.8 Å². The normalized spacial score (nSPS) is 16.0. The van der Waals surface area contributed by atoms with E-state index >= 15 is 0 Å². The topological polar surface area (TPSA) is 62.7 Å². The van der Waals surface area contributed by atoms with Crippen LogP contribution < -0.4 is 4.74 Å². The number of aliphatic hydroxyl groups excluding tert-OH is 1. The van der Waals surface area contributed by atoms with Gasteiger partial charge in [0.1, 0.15) is 5.75 Å². The molecule has 116 valence electrons. The van der Waals surface area contributed by atoms with E-state index in [4.69, 9.17) is 4.74 Å². The van der Waals surface area contributed by atoms with Crippen molar-refractivity contribution in [2.75, 3.05) is 20.2 Å². The molecular formula is C17H20N2O3. The number of piperidine rings is 1. The van der Waals surface area contributed by atoms with Crippen molar-refractivity contribution in [2.24, 2.45) is 0 Å². The van der Waals surface area contributed by atoms with Gasteiger partial charge in [0, 0.05) is 24.2 Å². The van der Waals surface area contributed by atoms with E-state index in [2.05, 4.69) is 4.98 Å². The number of ether oxygens (including phenoxy) is 1. The molecule has 1 aliphatic rings. The number of methoxy groups -OCH3 is 1. The highest BCUT2D eigenvalue weighted by molar-refractivity contribution is 6.06. The minimum absolute atomic E-state index is 0.00402. The van der Waals surface area contributed by atoms with Crippen LogP contribution in [0.1, 0.15) is 28.9 Å². The number of nitrogens with zero attached hydrogens (tertiary/aromatic N) is 2. The first kappa shape index (κ1) is 14.8. The number of carbonyl (C=O) groups excluding carboxylic acids is 1. The van der Waals surface area contributed by atoms with Gasteiger partial charge in [-0.1, -0.05) is 0 Å². The summed E-state index contributed by atoms with van der Waals surface area (Å²) in [6, 6.07) is 7.40. The Bertz CT molecular complexity index is 706. The Kier molecular flexibility index (Phi) is 3.98. The number of rotatable bonds is 2. The summed E-state index contributed by atoms with van der Waals surface area (Å²) in [6.45, 7) is 3.07. The molecule has 1 fully saturated rings. The van der Waals surface area contributed by atoms with Crippen molar-refractivity contribution < 1.29 is 14.6 Å². The number of aryl methyl sites for hydroxylation is 1. The lowest BCUT2D eigenvalue weighted by atomic mass is 10.0. The van der Waals surface area contributed by atoms with Crippen LogP contribution in [-0.4, -0.2) is 47.2 Å². The number of likely N-dealkylation sites (tertiary alicyclic amines) is 1. The van der Waals surface area contributed by atoms with E-state index < -0.39 is 0 Å². The van der Waals surface area contributed by atoms with Crippen molar-refractivity contribution in [3.63, 3.8) is 0 Å². The molecule has 1 aromatic carbocycles. The summed E-state index contributed by atoms with van der Waals surface area (Å²) in [5.41, 5.74) is 2.26. The van der Waals surface area contributed by atoms with Gasteiger partial charge < -0.3 is 14.7 Å². The Balaban J connectivity index is 2.03. The summed E-state index contributed by atoms with van der Waals surface area (Å²) in [6.07, 6.45) is 0.980. The Morgan fingerprint density at radius 2 is 2.05 bits per heavy atom. The zero-order valence-corrected chi connectivity index (χ0v) is 12.9. The summed E-state index contributed by atoms with van der Waals surface area (Å²) in [7, 11) is 1.61. The number of amides is 1. The molecule has 1 N–H and O–H groups in total. The molecule has 0 spiro atoms. The van der Waals surface area contributed by atoms with Crippen molar-refractivity contribution in [3.8, 4) is 5.75 Å². The fourth-order valence-electron chi connectivity index (χ4n) is 2.88. The van der Waals surface area contributed by atoms with Crippen LogP contribution in [0.4, 0.5) is 0 Å². The number of hydrogen-bond donors (Lipinski definition) is 1. The predicted octanol–water partition coefficient (Wildman–Crippen LogP) is 2.15. The molecule has 0 unspecified atom stereocenters. The molecule has 1 aliphatic heterocycles. The zero-order valence-electron chi connectivity index (χ0n) is 12.9. The van der Waals surface area contributed by atoms with Crippen molar-refractivity contribution in [3.05, 3.63) is 35.5 Å². The van der Waals surface area contributed by atoms with Crippen LogP contribution in [0.5, 0.6) is 5.75 Å². The lowest BCUT2D eigenvalue weighted by molar-refractivity contribution is 0.0548. The van der Waals surface area contributed by atoms with Gasteiger partial charge in [0.25, 0.3) is 5.91 Å². The zero-order chi connectivity index (χ0) is 15.7. The Hall–Kier alpha value is -2.14. The molecule has 5 nitrogen and oxygen atoms in total. The van der Waals surface area contributed by atoms with E-state index in [9.17, 15) is 9.90 Å². The summed E-state index contributed by atoms with van der Waals surface area (Å²) in [5.74, 6) is 0.705. The lowest BCUT2D eigenvalue weighted by Gasteiger charge is -2.30.